The Morgan fingerprint density at radius 1 is 1.00 bits per heavy atom. The summed E-state index contributed by atoms with van der Waals surface area (Å²) in [5.41, 5.74) is 2.53. The molecule has 27 heavy (non-hydrogen) atoms. The molecule has 0 radical (unpaired) electrons. The van der Waals surface area contributed by atoms with Crippen LogP contribution in [-0.2, 0) is 0 Å². The summed E-state index contributed by atoms with van der Waals surface area (Å²) < 4.78 is 5.85. The molecule has 4 nitrogen and oxygen atoms in total. The number of ether oxygens (including phenoxy) is 1. The number of aromatic nitrogens is 1. The summed E-state index contributed by atoms with van der Waals surface area (Å²) in [4.78, 5) is 16.6. The molecule has 0 spiro atoms. The first-order valence-electron chi connectivity index (χ1n) is 8.01. The first-order valence-corrected chi connectivity index (χ1v) is 9.14. The van der Waals surface area contributed by atoms with Crippen LogP contribution in [0.15, 0.2) is 48.7 Å². The van der Waals surface area contributed by atoms with Crippen LogP contribution in [0, 0.1) is 13.8 Å². The maximum Gasteiger partial charge on any atom is 0.258 e. The van der Waals surface area contributed by atoms with E-state index in [-0.39, 0.29) is 15.6 Å². The Balaban J connectivity index is 1.75. The fourth-order valence-corrected chi connectivity index (χ4v) is 3.48. The second-order valence-electron chi connectivity index (χ2n) is 5.91. The van der Waals surface area contributed by atoms with Gasteiger partial charge in [-0.15, -0.1) is 0 Å². The number of benzene rings is 2. The van der Waals surface area contributed by atoms with Gasteiger partial charge in [-0.1, -0.05) is 40.9 Å². The molecule has 0 aliphatic carbocycles. The summed E-state index contributed by atoms with van der Waals surface area (Å²) in [5.74, 6) is 0.689. The number of carbonyl (C=O) groups excluding carboxylic acids is 1. The van der Waals surface area contributed by atoms with Crippen molar-refractivity contribution in [2.45, 2.75) is 13.8 Å². The van der Waals surface area contributed by atoms with Crippen LogP contribution < -0.4 is 10.1 Å². The Morgan fingerprint density at radius 2 is 1.63 bits per heavy atom. The van der Waals surface area contributed by atoms with Gasteiger partial charge in [0.15, 0.2) is 0 Å². The van der Waals surface area contributed by atoms with Gasteiger partial charge in [-0.3, -0.25) is 4.79 Å². The molecule has 138 valence electrons. The first kappa shape index (κ1) is 19.5. The summed E-state index contributed by atoms with van der Waals surface area (Å²) in [7, 11) is 0. The molecule has 0 saturated heterocycles. The lowest BCUT2D eigenvalue weighted by molar-refractivity contribution is 0.102. The Morgan fingerprint density at radius 3 is 2.19 bits per heavy atom. The zero-order chi connectivity index (χ0) is 19.6. The number of halogens is 3. The molecule has 3 rings (SSSR count). The van der Waals surface area contributed by atoms with Crippen molar-refractivity contribution in [3.8, 4) is 11.6 Å². The van der Waals surface area contributed by atoms with Crippen LogP contribution in [0.3, 0.4) is 0 Å². The number of nitrogens with one attached hydrogen (secondary N) is 1. The number of hydrogen-bond donors (Lipinski definition) is 1. The number of carbonyl (C=O) groups is 1. The number of aryl methyl sites for hydroxylation is 2. The highest BCUT2D eigenvalue weighted by atomic mass is 35.5. The largest absolute Gasteiger partial charge is 0.438 e. The van der Waals surface area contributed by atoms with E-state index in [0.717, 1.165) is 11.1 Å². The van der Waals surface area contributed by atoms with Gasteiger partial charge >= 0.3 is 0 Å². The molecule has 0 fully saturated rings. The van der Waals surface area contributed by atoms with E-state index in [2.05, 4.69) is 10.3 Å². The lowest BCUT2D eigenvalue weighted by atomic mass is 10.1. The average molecular weight is 422 g/mol. The van der Waals surface area contributed by atoms with Crippen molar-refractivity contribution < 1.29 is 9.53 Å². The van der Waals surface area contributed by atoms with E-state index < -0.39 is 5.91 Å². The van der Waals surface area contributed by atoms with Crippen molar-refractivity contribution >= 4 is 46.4 Å². The Bertz CT molecular complexity index is 961. The van der Waals surface area contributed by atoms with Gasteiger partial charge < -0.3 is 10.1 Å². The van der Waals surface area contributed by atoms with E-state index in [9.17, 15) is 4.79 Å². The van der Waals surface area contributed by atoms with Gasteiger partial charge in [0, 0.05) is 11.1 Å². The van der Waals surface area contributed by atoms with Gasteiger partial charge in [0.25, 0.3) is 5.91 Å². The number of rotatable bonds is 4. The van der Waals surface area contributed by atoms with Crippen LogP contribution in [-0.4, -0.2) is 10.9 Å². The SMILES string of the molecule is Cc1cc(Cl)cc(C)c1Oc1ccc(NC(=O)c2c(Cl)cccc2Cl)cn1. The van der Waals surface area contributed by atoms with E-state index in [1.165, 1.54) is 6.20 Å². The smallest absolute Gasteiger partial charge is 0.258 e. The van der Waals surface area contributed by atoms with Crippen molar-refractivity contribution in [1.82, 2.24) is 4.98 Å². The van der Waals surface area contributed by atoms with Crippen LogP contribution in [0.25, 0.3) is 0 Å². The zero-order valence-corrected chi connectivity index (χ0v) is 16.8. The third-order valence-corrected chi connectivity index (χ3v) is 4.66. The maximum atomic E-state index is 12.4. The van der Waals surface area contributed by atoms with Gasteiger partial charge in [0.2, 0.25) is 5.88 Å². The number of amides is 1. The summed E-state index contributed by atoms with van der Waals surface area (Å²) in [5, 5.41) is 3.93. The lowest BCUT2D eigenvalue weighted by Gasteiger charge is -2.12. The molecule has 0 aliphatic rings. The molecule has 0 bridgehead atoms. The van der Waals surface area contributed by atoms with Crippen LogP contribution in [0.4, 0.5) is 5.69 Å². The van der Waals surface area contributed by atoms with Crippen LogP contribution in [0.5, 0.6) is 11.6 Å². The van der Waals surface area contributed by atoms with E-state index in [4.69, 9.17) is 39.5 Å². The molecule has 0 unspecified atom stereocenters. The molecule has 1 N–H and O–H groups in total. The summed E-state index contributed by atoms with van der Waals surface area (Å²) in [6, 6.07) is 11.9. The summed E-state index contributed by atoms with van der Waals surface area (Å²) in [6.45, 7) is 3.83. The zero-order valence-electron chi connectivity index (χ0n) is 14.5. The molecule has 1 heterocycles. The minimum atomic E-state index is -0.412. The fourth-order valence-electron chi connectivity index (χ4n) is 2.59. The standard InChI is InChI=1S/C20H15Cl3N2O2/c1-11-8-13(21)9-12(2)19(11)27-17-7-6-14(10-24-17)25-20(26)18-15(22)4-3-5-16(18)23/h3-10H,1-2H3,(H,25,26). The number of anilines is 1. The van der Waals surface area contributed by atoms with Gasteiger partial charge in [0.05, 0.1) is 27.5 Å². The van der Waals surface area contributed by atoms with E-state index in [0.29, 0.717) is 22.3 Å². The lowest BCUT2D eigenvalue weighted by Crippen LogP contribution is -2.13. The molecular weight excluding hydrogens is 407 g/mol. The molecule has 0 saturated carbocycles. The quantitative estimate of drug-likeness (QED) is 0.509. The summed E-state index contributed by atoms with van der Waals surface area (Å²) >= 11 is 18.2. The predicted molar refractivity (Wildman–Crippen MR) is 110 cm³/mol. The molecule has 2 aromatic carbocycles. The summed E-state index contributed by atoms with van der Waals surface area (Å²) in [6.07, 6.45) is 1.50. The Hall–Kier alpha value is -2.27. The highest BCUT2D eigenvalue weighted by molar-refractivity contribution is 6.40. The van der Waals surface area contributed by atoms with Gasteiger partial charge in [-0.25, -0.2) is 4.98 Å². The van der Waals surface area contributed by atoms with Crippen LogP contribution in [0.2, 0.25) is 15.1 Å². The molecule has 1 amide bonds. The number of nitrogens with zero attached hydrogens (tertiary/aromatic N) is 1. The minimum absolute atomic E-state index is 0.216. The van der Waals surface area contributed by atoms with Crippen molar-refractivity contribution in [2.75, 3.05) is 5.32 Å². The molecule has 3 aromatic rings. The highest BCUT2D eigenvalue weighted by Crippen LogP contribution is 2.31. The van der Waals surface area contributed by atoms with Crippen molar-refractivity contribution in [3.63, 3.8) is 0 Å². The maximum absolute atomic E-state index is 12.4. The molecule has 1 aromatic heterocycles. The number of hydrogen-bond acceptors (Lipinski definition) is 3. The van der Waals surface area contributed by atoms with Crippen molar-refractivity contribution in [3.05, 3.63) is 80.4 Å². The molecule has 0 aliphatic heterocycles. The minimum Gasteiger partial charge on any atom is -0.438 e. The normalized spacial score (nSPS) is 10.6. The second-order valence-corrected chi connectivity index (χ2v) is 7.16. The van der Waals surface area contributed by atoms with E-state index >= 15 is 0 Å². The predicted octanol–water partition coefficient (Wildman–Crippen LogP) is 6.70. The monoisotopic (exact) mass is 420 g/mol. The van der Waals surface area contributed by atoms with Crippen molar-refractivity contribution in [1.29, 1.82) is 0 Å². The first-order chi connectivity index (χ1) is 12.8. The number of pyridine rings is 1. The molecular formula is C20H15Cl3N2O2. The van der Waals surface area contributed by atoms with Gasteiger partial charge in [0.1, 0.15) is 5.75 Å². The third-order valence-electron chi connectivity index (χ3n) is 3.82. The second kappa shape index (κ2) is 8.17. The van der Waals surface area contributed by atoms with E-state index in [1.807, 2.05) is 26.0 Å². The van der Waals surface area contributed by atoms with Gasteiger partial charge in [-0.05, 0) is 55.3 Å². The van der Waals surface area contributed by atoms with E-state index in [1.54, 1.807) is 30.3 Å². The average Bonchev–Trinajstić information content (AvgIpc) is 2.59. The van der Waals surface area contributed by atoms with Crippen LogP contribution >= 0.6 is 34.8 Å². The Kier molecular flexibility index (Phi) is 5.90. The molecule has 0 atom stereocenters. The highest BCUT2D eigenvalue weighted by Gasteiger charge is 2.15. The molecule has 7 heteroatoms. The van der Waals surface area contributed by atoms with Crippen molar-refractivity contribution in [2.24, 2.45) is 0 Å². The third kappa shape index (κ3) is 4.53. The topological polar surface area (TPSA) is 51.2 Å². The fraction of sp³-hybridized carbons (Fsp3) is 0.100. The van der Waals surface area contributed by atoms with Gasteiger partial charge in [-0.2, -0.15) is 0 Å². The van der Waals surface area contributed by atoms with Crippen LogP contribution in [0.1, 0.15) is 21.5 Å². The Labute approximate surface area is 172 Å².